The lowest BCUT2D eigenvalue weighted by molar-refractivity contribution is -0.137. The Bertz CT molecular complexity index is 420. The third-order valence-corrected chi connectivity index (χ3v) is 3.48. The first-order chi connectivity index (χ1) is 8.65. The standard InChI is InChI=1S/C12H16ClN3O2/c13-10-7-14-8-11(15-10)16-5-3-9(4-6-16)1-2-12(17)18/h7-9H,1-6H2,(H,17,18). The number of carboxylic acid groups (broad SMARTS) is 1. The Hall–Kier alpha value is -1.36. The zero-order chi connectivity index (χ0) is 13.0. The Morgan fingerprint density at radius 1 is 1.44 bits per heavy atom. The Balaban J connectivity index is 1.85. The van der Waals surface area contributed by atoms with Crippen LogP contribution in [0.3, 0.4) is 0 Å². The van der Waals surface area contributed by atoms with E-state index in [1.54, 1.807) is 6.20 Å². The number of hydrogen-bond acceptors (Lipinski definition) is 4. The van der Waals surface area contributed by atoms with Crippen LogP contribution in [0.5, 0.6) is 0 Å². The predicted molar refractivity (Wildman–Crippen MR) is 68.8 cm³/mol. The molecule has 0 radical (unpaired) electrons. The molecule has 1 saturated heterocycles. The smallest absolute Gasteiger partial charge is 0.303 e. The molecule has 0 saturated carbocycles. The maximum absolute atomic E-state index is 10.5. The first kappa shape index (κ1) is 13.1. The van der Waals surface area contributed by atoms with Crippen LogP contribution in [0, 0.1) is 5.92 Å². The number of carbonyl (C=O) groups is 1. The van der Waals surface area contributed by atoms with E-state index in [0.29, 0.717) is 11.1 Å². The molecular weight excluding hydrogens is 254 g/mol. The van der Waals surface area contributed by atoms with Crippen LogP contribution in [0.15, 0.2) is 12.4 Å². The molecular formula is C12H16ClN3O2. The normalized spacial score (nSPS) is 16.8. The molecule has 0 unspecified atom stereocenters. The summed E-state index contributed by atoms with van der Waals surface area (Å²) in [6, 6.07) is 0. The Morgan fingerprint density at radius 2 is 2.17 bits per heavy atom. The van der Waals surface area contributed by atoms with Gasteiger partial charge in [-0.2, -0.15) is 0 Å². The maximum Gasteiger partial charge on any atom is 0.303 e. The number of aromatic nitrogens is 2. The second-order valence-corrected chi connectivity index (χ2v) is 4.95. The van der Waals surface area contributed by atoms with Gasteiger partial charge in [0.1, 0.15) is 11.0 Å². The lowest BCUT2D eigenvalue weighted by atomic mass is 9.92. The molecule has 0 atom stereocenters. The highest BCUT2D eigenvalue weighted by atomic mass is 35.5. The number of hydrogen-bond donors (Lipinski definition) is 1. The molecule has 1 aliphatic rings. The minimum absolute atomic E-state index is 0.266. The first-order valence-corrected chi connectivity index (χ1v) is 6.47. The van der Waals surface area contributed by atoms with Crippen molar-refractivity contribution in [2.75, 3.05) is 18.0 Å². The quantitative estimate of drug-likeness (QED) is 0.908. The van der Waals surface area contributed by atoms with Gasteiger partial charge in [-0.25, -0.2) is 4.98 Å². The lowest BCUT2D eigenvalue weighted by Crippen LogP contribution is -2.34. The van der Waals surface area contributed by atoms with Crippen LogP contribution in [-0.2, 0) is 4.79 Å². The molecule has 1 fully saturated rings. The average molecular weight is 270 g/mol. The van der Waals surface area contributed by atoms with Gasteiger partial charge in [-0.15, -0.1) is 0 Å². The Morgan fingerprint density at radius 3 is 2.78 bits per heavy atom. The van der Waals surface area contributed by atoms with Crippen molar-refractivity contribution in [1.82, 2.24) is 9.97 Å². The summed E-state index contributed by atoms with van der Waals surface area (Å²) >= 11 is 5.81. The van der Waals surface area contributed by atoms with Crippen molar-refractivity contribution in [2.24, 2.45) is 5.92 Å². The van der Waals surface area contributed by atoms with E-state index in [9.17, 15) is 4.79 Å². The van der Waals surface area contributed by atoms with Crippen molar-refractivity contribution in [2.45, 2.75) is 25.7 Å². The van der Waals surface area contributed by atoms with Gasteiger partial charge in [0.05, 0.1) is 12.4 Å². The number of nitrogens with zero attached hydrogens (tertiary/aromatic N) is 3. The molecule has 0 bridgehead atoms. The average Bonchev–Trinajstić information content (AvgIpc) is 2.37. The fourth-order valence-corrected chi connectivity index (χ4v) is 2.41. The van der Waals surface area contributed by atoms with Gasteiger partial charge in [-0.3, -0.25) is 9.78 Å². The first-order valence-electron chi connectivity index (χ1n) is 6.09. The highest BCUT2D eigenvalue weighted by Crippen LogP contribution is 2.25. The van der Waals surface area contributed by atoms with Crippen LogP contribution in [0.4, 0.5) is 5.82 Å². The Kier molecular flexibility index (Phi) is 4.36. The van der Waals surface area contributed by atoms with Gasteiger partial charge >= 0.3 is 5.97 Å². The number of rotatable bonds is 4. The van der Waals surface area contributed by atoms with Crippen molar-refractivity contribution in [3.05, 3.63) is 17.5 Å². The number of halogens is 1. The van der Waals surface area contributed by atoms with E-state index in [2.05, 4.69) is 14.9 Å². The summed E-state index contributed by atoms with van der Waals surface area (Å²) in [4.78, 5) is 20.9. The molecule has 2 rings (SSSR count). The summed E-state index contributed by atoms with van der Waals surface area (Å²) in [6.07, 6.45) is 6.27. The van der Waals surface area contributed by atoms with E-state index >= 15 is 0 Å². The number of carboxylic acids is 1. The van der Waals surface area contributed by atoms with E-state index < -0.39 is 5.97 Å². The van der Waals surface area contributed by atoms with E-state index in [-0.39, 0.29) is 6.42 Å². The van der Waals surface area contributed by atoms with Crippen LogP contribution < -0.4 is 4.90 Å². The van der Waals surface area contributed by atoms with Crippen LogP contribution in [0.2, 0.25) is 5.15 Å². The monoisotopic (exact) mass is 269 g/mol. The molecule has 2 heterocycles. The molecule has 5 nitrogen and oxygen atoms in total. The van der Waals surface area contributed by atoms with E-state index in [0.717, 1.165) is 38.2 Å². The van der Waals surface area contributed by atoms with Crippen molar-refractivity contribution in [3.8, 4) is 0 Å². The highest BCUT2D eigenvalue weighted by Gasteiger charge is 2.20. The van der Waals surface area contributed by atoms with Crippen LogP contribution in [-0.4, -0.2) is 34.1 Å². The summed E-state index contributed by atoms with van der Waals surface area (Å²) < 4.78 is 0. The largest absolute Gasteiger partial charge is 0.481 e. The topological polar surface area (TPSA) is 66.3 Å². The molecule has 1 aliphatic heterocycles. The van der Waals surface area contributed by atoms with Crippen LogP contribution in [0.1, 0.15) is 25.7 Å². The molecule has 0 spiro atoms. The van der Waals surface area contributed by atoms with Gasteiger partial charge < -0.3 is 10.0 Å². The van der Waals surface area contributed by atoms with Crippen molar-refractivity contribution in [1.29, 1.82) is 0 Å². The molecule has 0 aromatic carbocycles. The van der Waals surface area contributed by atoms with Crippen molar-refractivity contribution < 1.29 is 9.90 Å². The van der Waals surface area contributed by atoms with Gasteiger partial charge in [-0.1, -0.05) is 11.6 Å². The van der Waals surface area contributed by atoms with Gasteiger partial charge in [-0.05, 0) is 25.2 Å². The van der Waals surface area contributed by atoms with Crippen molar-refractivity contribution in [3.63, 3.8) is 0 Å². The Labute approximate surface area is 111 Å². The minimum Gasteiger partial charge on any atom is -0.481 e. The molecule has 18 heavy (non-hydrogen) atoms. The molecule has 1 N–H and O–H groups in total. The number of anilines is 1. The number of piperidine rings is 1. The molecule has 1 aromatic heterocycles. The van der Waals surface area contributed by atoms with Crippen LogP contribution in [0.25, 0.3) is 0 Å². The fraction of sp³-hybridized carbons (Fsp3) is 0.583. The van der Waals surface area contributed by atoms with Gasteiger partial charge in [0, 0.05) is 19.5 Å². The molecule has 6 heteroatoms. The van der Waals surface area contributed by atoms with Gasteiger partial charge in [0.15, 0.2) is 0 Å². The molecule has 1 aromatic rings. The second kappa shape index (κ2) is 6.00. The SMILES string of the molecule is O=C(O)CCC1CCN(c2cncc(Cl)n2)CC1. The summed E-state index contributed by atoms with van der Waals surface area (Å²) in [5.74, 6) is 0.599. The van der Waals surface area contributed by atoms with E-state index in [4.69, 9.17) is 16.7 Å². The van der Waals surface area contributed by atoms with Crippen molar-refractivity contribution >= 4 is 23.4 Å². The summed E-state index contributed by atoms with van der Waals surface area (Å²) in [7, 11) is 0. The minimum atomic E-state index is -0.710. The maximum atomic E-state index is 10.5. The second-order valence-electron chi connectivity index (χ2n) is 4.56. The molecule has 98 valence electrons. The third-order valence-electron chi connectivity index (χ3n) is 3.30. The summed E-state index contributed by atoms with van der Waals surface area (Å²) in [6.45, 7) is 1.78. The predicted octanol–water partition coefficient (Wildman–Crippen LogP) is 2.21. The third kappa shape index (κ3) is 3.57. The fourth-order valence-electron chi connectivity index (χ4n) is 2.26. The van der Waals surface area contributed by atoms with Crippen LogP contribution >= 0.6 is 11.6 Å². The number of aliphatic carboxylic acids is 1. The highest BCUT2D eigenvalue weighted by molar-refractivity contribution is 6.29. The summed E-state index contributed by atoms with van der Waals surface area (Å²) in [5.41, 5.74) is 0. The van der Waals surface area contributed by atoms with E-state index in [1.165, 1.54) is 6.20 Å². The molecule has 0 amide bonds. The zero-order valence-corrected chi connectivity index (χ0v) is 10.8. The molecule has 0 aliphatic carbocycles. The van der Waals surface area contributed by atoms with Gasteiger partial charge in [0.25, 0.3) is 0 Å². The lowest BCUT2D eigenvalue weighted by Gasteiger charge is -2.32. The summed E-state index contributed by atoms with van der Waals surface area (Å²) in [5, 5.41) is 9.06. The van der Waals surface area contributed by atoms with E-state index in [1.807, 2.05) is 0 Å². The van der Waals surface area contributed by atoms with Gasteiger partial charge in [0.2, 0.25) is 0 Å². The zero-order valence-electron chi connectivity index (χ0n) is 10.0.